The van der Waals surface area contributed by atoms with Crippen molar-refractivity contribution in [3.63, 3.8) is 0 Å². The molecule has 0 aliphatic heterocycles. The first-order valence-corrected chi connectivity index (χ1v) is 8.35. The molecule has 0 fully saturated rings. The molecule has 114 valence electrons. The average Bonchev–Trinajstić information content (AvgIpc) is 2.39. The van der Waals surface area contributed by atoms with Crippen LogP contribution in [0.5, 0.6) is 0 Å². The van der Waals surface area contributed by atoms with Crippen molar-refractivity contribution < 1.29 is 13.2 Å². The molecule has 20 heavy (non-hydrogen) atoms. The molecule has 0 amide bonds. The molecular formula is C14H24N2O3S. The molecule has 1 aliphatic rings. The van der Waals surface area contributed by atoms with Gasteiger partial charge >= 0.3 is 0 Å². The van der Waals surface area contributed by atoms with Gasteiger partial charge in [0.05, 0.1) is 11.3 Å². The maximum atomic E-state index is 12.6. The highest BCUT2D eigenvalue weighted by molar-refractivity contribution is 7.93. The summed E-state index contributed by atoms with van der Waals surface area (Å²) >= 11 is 0. The summed E-state index contributed by atoms with van der Waals surface area (Å²) in [5, 5.41) is -0.614. The maximum absolute atomic E-state index is 12.6. The van der Waals surface area contributed by atoms with Gasteiger partial charge in [0.25, 0.3) is 0 Å². The molecule has 0 saturated carbocycles. The van der Waals surface area contributed by atoms with E-state index in [1.54, 1.807) is 33.8 Å². The van der Waals surface area contributed by atoms with Crippen LogP contribution in [0.1, 0.15) is 34.1 Å². The lowest BCUT2D eigenvalue weighted by Gasteiger charge is -2.35. The zero-order valence-electron chi connectivity index (χ0n) is 12.5. The molecule has 5 nitrogen and oxygen atoms in total. The van der Waals surface area contributed by atoms with Gasteiger partial charge in [-0.15, -0.1) is 0 Å². The third-order valence-corrected chi connectivity index (χ3v) is 6.56. The predicted molar refractivity (Wildman–Crippen MR) is 80.6 cm³/mol. The first-order valence-electron chi connectivity index (χ1n) is 6.81. The van der Waals surface area contributed by atoms with Gasteiger partial charge in [0.1, 0.15) is 0 Å². The molecule has 0 aromatic carbocycles. The molecule has 1 rings (SSSR count). The summed E-state index contributed by atoms with van der Waals surface area (Å²) in [6.45, 7) is 6.90. The van der Waals surface area contributed by atoms with Gasteiger partial charge in [0.15, 0.2) is 20.5 Å². The molecule has 1 aliphatic carbocycles. The van der Waals surface area contributed by atoms with Crippen LogP contribution in [0.4, 0.5) is 0 Å². The van der Waals surface area contributed by atoms with Crippen LogP contribution in [0, 0.1) is 5.92 Å². The molecule has 4 N–H and O–H groups in total. The summed E-state index contributed by atoms with van der Waals surface area (Å²) in [5.41, 5.74) is 12.3. The number of carbonyl (C=O) groups excluding carboxylic acids is 1. The van der Waals surface area contributed by atoms with E-state index in [9.17, 15) is 13.2 Å². The van der Waals surface area contributed by atoms with Crippen LogP contribution in [0.25, 0.3) is 0 Å². The zero-order valence-corrected chi connectivity index (χ0v) is 13.3. The van der Waals surface area contributed by atoms with Crippen LogP contribution >= 0.6 is 0 Å². The number of hydrogen-bond donors (Lipinski definition) is 2. The summed E-state index contributed by atoms with van der Waals surface area (Å²) in [5.74, 6) is -0.363. The number of rotatable bonds is 5. The van der Waals surface area contributed by atoms with E-state index >= 15 is 0 Å². The average molecular weight is 300 g/mol. The Kier molecular flexibility index (Phi) is 4.94. The number of hydrogen-bond acceptors (Lipinski definition) is 5. The number of ketones is 1. The first kappa shape index (κ1) is 17.1. The summed E-state index contributed by atoms with van der Waals surface area (Å²) in [6, 6.07) is -0.856. The Morgan fingerprint density at radius 3 is 2.40 bits per heavy atom. The molecule has 0 aromatic heterocycles. The van der Waals surface area contributed by atoms with Gasteiger partial charge in [-0.25, -0.2) is 8.42 Å². The van der Waals surface area contributed by atoms with Crippen LogP contribution in [-0.4, -0.2) is 30.4 Å². The van der Waals surface area contributed by atoms with Gasteiger partial charge in [-0.3, -0.25) is 4.79 Å². The van der Waals surface area contributed by atoms with Gasteiger partial charge in [-0.05, 0) is 19.4 Å². The van der Waals surface area contributed by atoms with E-state index in [0.717, 1.165) is 0 Å². The molecule has 3 unspecified atom stereocenters. The van der Waals surface area contributed by atoms with Crippen LogP contribution < -0.4 is 11.5 Å². The van der Waals surface area contributed by atoms with E-state index in [4.69, 9.17) is 11.5 Å². The molecule has 0 heterocycles. The normalized spacial score (nSPS) is 28.4. The summed E-state index contributed by atoms with van der Waals surface area (Å²) in [4.78, 5) is 10.3. The summed E-state index contributed by atoms with van der Waals surface area (Å²) in [6.07, 6.45) is 4.82. The zero-order chi connectivity index (χ0) is 15.7. The Morgan fingerprint density at radius 1 is 1.40 bits per heavy atom. The minimum absolute atomic E-state index is 0.137. The molecule has 0 saturated heterocycles. The highest BCUT2D eigenvalue weighted by Crippen LogP contribution is 2.29. The van der Waals surface area contributed by atoms with Crippen LogP contribution in [0.15, 0.2) is 23.8 Å². The van der Waals surface area contributed by atoms with Crippen molar-refractivity contribution >= 4 is 15.6 Å². The second-order valence-electron chi connectivity index (χ2n) is 5.62. The smallest absolute Gasteiger partial charge is 0.177 e. The fraction of sp³-hybridized carbons (Fsp3) is 0.643. The van der Waals surface area contributed by atoms with Crippen LogP contribution in [0.3, 0.4) is 0 Å². The number of allylic oxidation sites excluding steroid dienone is 2. The molecule has 0 spiro atoms. The topological polar surface area (TPSA) is 103 Å². The Labute approximate surface area is 121 Å². The van der Waals surface area contributed by atoms with Crippen LogP contribution in [0.2, 0.25) is 0 Å². The summed E-state index contributed by atoms with van der Waals surface area (Å²) < 4.78 is 25.2. The number of Topliss-reactive ketones (excluding diaryl/α,β-unsaturated/α-hetero) is 1. The highest BCUT2D eigenvalue weighted by atomic mass is 32.2. The van der Waals surface area contributed by atoms with Crippen molar-refractivity contribution in [2.45, 2.75) is 50.3 Å². The summed E-state index contributed by atoms with van der Waals surface area (Å²) in [7, 11) is -3.68. The van der Waals surface area contributed by atoms with E-state index in [1.807, 2.05) is 0 Å². The lowest BCUT2D eigenvalue weighted by molar-refractivity contribution is -0.118. The maximum Gasteiger partial charge on any atom is 0.177 e. The molecule has 3 atom stereocenters. The van der Waals surface area contributed by atoms with Crippen molar-refractivity contribution in [2.24, 2.45) is 17.4 Å². The van der Waals surface area contributed by atoms with Crippen molar-refractivity contribution in [1.82, 2.24) is 0 Å². The predicted octanol–water partition coefficient (Wildman–Crippen LogP) is 0.903. The van der Waals surface area contributed by atoms with Gasteiger partial charge in [-0.1, -0.05) is 32.9 Å². The Morgan fingerprint density at radius 2 is 1.95 bits per heavy atom. The molecule has 0 bridgehead atoms. The van der Waals surface area contributed by atoms with Gasteiger partial charge in [0, 0.05) is 11.5 Å². The van der Waals surface area contributed by atoms with E-state index in [-0.39, 0.29) is 11.7 Å². The molecule has 6 heteroatoms. The first-order chi connectivity index (χ1) is 9.07. The second kappa shape index (κ2) is 5.79. The third-order valence-electron chi connectivity index (χ3n) is 3.79. The SMILES string of the molecule is CCC(C)S(=O)(=O)C1(N)C=C(C(=O)C(C)C)C=CC1N. The number of carbonyl (C=O) groups is 1. The van der Waals surface area contributed by atoms with Gasteiger partial charge in [-0.2, -0.15) is 0 Å². The fourth-order valence-corrected chi connectivity index (χ4v) is 3.96. The molecule has 0 radical (unpaired) electrons. The monoisotopic (exact) mass is 300 g/mol. The largest absolute Gasteiger partial charge is 0.322 e. The molecule has 0 aromatic rings. The standard InChI is InChI=1S/C14H24N2O3S/c1-5-10(4)20(18,19)14(16)8-11(6-7-12(14)15)13(17)9(2)3/h6-10,12H,5,15-16H2,1-4H3. The minimum atomic E-state index is -3.68. The van der Waals surface area contributed by atoms with Crippen molar-refractivity contribution in [3.8, 4) is 0 Å². The Bertz CT molecular complexity index is 549. The van der Waals surface area contributed by atoms with E-state index < -0.39 is 26.0 Å². The second-order valence-corrected chi connectivity index (χ2v) is 8.22. The van der Waals surface area contributed by atoms with Crippen molar-refractivity contribution in [3.05, 3.63) is 23.8 Å². The molecular weight excluding hydrogens is 276 g/mol. The van der Waals surface area contributed by atoms with Gasteiger partial charge < -0.3 is 11.5 Å². The fourth-order valence-electron chi connectivity index (χ4n) is 2.07. The van der Waals surface area contributed by atoms with Crippen molar-refractivity contribution in [1.29, 1.82) is 0 Å². The Balaban J connectivity index is 3.35. The quantitative estimate of drug-likeness (QED) is 0.785. The van der Waals surface area contributed by atoms with E-state index in [0.29, 0.717) is 12.0 Å². The number of sulfone groups is 1. The van der Waals surface area contributed by atoms with Crippen LogP contribution in [-0.2, 0) is 14.6 Å². The third kappa shape index (κ3) is 2.73. The lowest BCUT2D eigenvalue weighted by atomic mass is 9.92. The lowest BCUT2D eigenvalue weighted by Crippen LogP contribution is -2.61. The Hall–Kier alpha value is -0.980. The van der Waals surface area contributed by atoms with E-state index in [2.05, 4.69) is 0 Å². The van der Waals surface area contributed by atoms with Gasteiger partial charge in [0.2, 0.25) is 0 Å². The van der Waals surface area contributed by atoms with Crippen molar-refractivity contribution in [2.75, 3.05) is 0 Å². The minimum Gasteiger partial charge on any atom is -0.322 e. The van der Waals surface area contributed by atoms with E-state index in [1.165, 1.54) is 12.2 Å². The highest BCUT2D eigenvalue weighted by Gasteiger charge is 2.47. The number of nitrogens with two attached hydrogens (primary N) is 2.